The molecule has 0 aromatic carbocycles. The van der Waals surface area contributed by atoms with E-state index in [1.807, 2.05) is 13.8 Å². The Kier molecular flexibility index (Phi) is 4.54. The van der Waals surface area contributed by atoms with E-state index in [4.69, 9.17) is 0 Å². The molecule has 6 nitrogen and oxygen atoms in total. The minimum Gasteiger partial charge on any atom is -0.476 e. The Morgan fingerprint density at radius 3 is 2.90 bits per heavy atom. The Morgan fingerprint density at radius 2 is 2.35 bits per heavy atom. The third kappa shape index (κ3) is 3.25. The van der Waals surface area contributed by atoms with Crippen molar-refractivity contribution in [2.75, 3.05) is 25.5 Å². The lowest BCUT2D eigenvalue weighted by Gasteiger charge is -2.20. The molecule has 1 aromatic heterocycles. The number of aromatic nitrogens is 2. The van der Waals surface area contributed by atoms with E-state index < -0.39 is 5.97 Å². The Hall–Kier alpha value is -1.69. The highest BCUT2D eigenvalue weighted by atomic mass is 16.4. The summed E-state index contributed by atoms with van der Waals surface area (Å²) in [5.41, 5.74) is 0.562. The van der Waals surface area contributed by atoms with Gasteiger partial charge in [-0.3, -0.25) is 0 Å². The summed E-state index contributed by atoms with van der Waals surface area (Å²) in [6, 6.07) is 0.446. The average molecular weight is 278 g/mol. The molecule has 1 aromatic rings. The monoisotopic (exact) mass is 278 g/mol. The van der Waals surface area contributed by atoms with Gasteiger partial charge < -0.3 is 15.3 Å². The SMILES string of the molecule is CC(C)c1ncc(NCC2CCCN2C)c(C(=O)O)n1. The van der Waals surface area contributed by atoms with Crippen molar-refractivity contribution in [3.63, 3.8) is 0 Å². The fourth-order valence-corrected chi connectivity index (χ4v) is 2.43. The Morgan fingerprint density at radius 1 is 1.60 bits per heavy atom. The number of aromatic carboxylic acids is 1. The van der Waals surface area contributed by atoms with E-state index in [1.54, 1.807) is 6.20 Å². The summed E-state index contributed by atoms with van der Waals surface area (Å²) in [6.45, 7) is 5.71. The van der Waals surface area contributed by atoms with Crippen molar-refractivity contribution in [3.8, 4) is 0 Å². The molecule has 0 amide bonds. The number of likely N-dealkylation sites (N-methyl/N-ethyl adjacent to an activating group) is 1. The first-order valence-electron chi connectivity index (χ1n) is 7.03. The van der Waals surface area contributed by atoms with Crippen LogP contribution in [0.1, 0.15) is 48.9 Å². The summed E-state index contributed by atoms with van der Waals surface area (Å²) in [5, 5.41) is 12.5. The van der Waals surface area contributed by atoms with Crippen LogP contribution in [0.4, 0.5) is 5.69 Å². The van der Waals surface area contributed by atoms with Gasteiger partial charge in [0.2, 0.25) is 0 Å². The van der Waals surface area contributed by atoms with E-state index in [-0.39, 0.29) is 11.6 Å². The molecule has 1 atom stereocenters. The number of carboxylic acid groups (broad SMARTS) is 1. The van der Waals surface area contributed by atoms with E-state index >= 15 is 0 Å². The number of likely N-dealkylation sites (tertiary alicyclic amines) is 1. The lowest BCUT2D eigenvalue weighted by atomic mass is 10.2. The molecule has 0 spiro atoms. The van der Waals surface area contributed by atoms with E-state index in [0.717, 1.165) is 19.5 Å². The van der Waals surface area contributed by atoms with Crippen molar-refractivity contribution >= 4 is 11.7 Å². The second-order valence-electron chi connectivity index (χ2n) is 5.61. The molecular formula is C14H22N4O2. The molecule has 0 bridgehead atoms. The van der Waals surface area contributed by atoms with Crippen LogP contribution in [-0.4, -0.2) is 52.1 Å². The molecule has 1 aliphatic heterocycles. The number of rotatable bonds is 5. The predicted octanol–water partition coefficient (Wildman–Crippen LogP) is 1.80. The molecule has 20 heavy (non-hydrogen) atoms. The summed E-state index contributed by atoms with van der Waals surface area (Å²) >= 11 is 0. The molecule has 0 aliphatic carbocycles. The molecule has 1 aliphatic rings. The highest BCUT2D eigenvalue weighted by molar-refractivity contribution is 5.91. The summed E-state index contributed by atoms with van der Waals surface area (Å²) in [4.78, 5) is 22.0. The molecule has 110 valence electrons. The molecule has 1 unspecified atom stereocenters. The summed E-state index contributed by atoms with van der Waals surface area (Å²) in [7, 11) is 2.09. The highest BCUT2D eigenvalue weighted by Crippen LogP contribution is 2.19. The first-order valence-corrected chi connectivity index (χ1v) is 7.03. The van der Waals surface area contributed by atoms with E-state index in [9.17, 15) is 9.90 Å². The zero-order valence-corrected chi connectivity index (χ0v) is 12.3. The van der Waals surface area contributed by atoms with Gasteiger partial charge in [-0.15, -0.1) is 0 Å². The number of nitrogens with one attached hydrogen (secondary N) is 1. The van der Waals surface area contributed by atoms with Crippen LogP contribution in [0.25, 0.3) is 0 Å². The van der Waals surface area contributed by atoms with Crippen LogP contribution in [0.3, 0.4) is 0 Å². The third-order valence-electron chi connectivity index (χ3n) is 3.73. The summed E-state index contributed by atoms with van der Waals surface area (Å²) < 4.78 is 0. The van der Waals surface area contributed by atoms with Crippen LogP contribution >= 0.6 is 0 Å². The van der Waals surface area contributed by atoms with Gasteiger partial charge in [0.15, 0.2) is 5.69 Å². The van der Waals surface area contributed by atoms with Crippen molar-refractivity contribution in [2.45, 2.75) is 38.6 Å². The minimum absolute atomic E-state index is 0.0596. The minimum atomic E-state index is -1.02. The Balaban J connectivity index is 2.12. The van der Waals surface area contributed by atoms with Crippen LogP contribution in [0.5, 0.6) is 0 Å². The number of nitrogens with zero attached hydrogens (tertiary/aromatic N) is 3. The quantitative estimate of drug-likeness (QED) is 0.855. The maximum Gasteiger partial charge on any atom is 0.356 e. The van der Waals surface area contributed by atoms with Gasteiger partial charge in [0.25, 0.3) is 0 Å². The zero-order valence-electron chi connectivity index (χ0n) is 12.3. The van der Waals surface area contributed by atoms with Gasteiger partial charge in [0, 0.05) is 18.5 Å². The standard InChI is InChI=1S/C14H22N4O2/c1-9(2)13-16-8-11(12(17-13)14(19)20)15-7-10-5-4-6-18(10)3/h8-10,15H,4-7H2,1-3H3,(H,19,20). The van der Waals surface area contributed by atoms with Crippen LogP contribution in [0.2, 0.25) is 0 Å². The fraction of sp³-hybridized carbons (Fsp3) is 0.643. The first kappa shape index (κ1) is 14.7. The lowest BCUT2D eigenvalue weighted by molar-refractivity contribution is 0.0691. The van der Waals surface area contributed by atoms with Gasteiger partial charge in [-0.2, -0.15) is 0 Å². The van der Waals surface area contributed by atoms with Gasteiger partial charge in [-0.25, -0.2) is 14.8 Å². The van der Waals surface area contributed by atoms with Crippen LogP contribution in [0, 0.1) is 0 Å². The third-order valence-corrected chi connectivity index (χ3v) is 3.73. The van der Waals surface area contributed by atoms with Crippen molar-refractivity contribution in [1.82, 2.24) is 14.9 Å². The molecular weight excluding hydrogens is 256 g/mol. The largest absolute Gasteiger partial charge is 0.476 e. The number of carbonyl (C=O) groups is 1. The highest BCUT2D eigenvalue weighted by Gasteiger charge is 2.22. The molecule has 1 fully saturated rings. The van der Waals surface area contributed by atoms with Crippen LogP contribution in [-0.2, 0) is 0 Å². The zero-order chi connectivity index (χ0) is 14.7. The van der Waals surface area contributed by atoms with Gasteiger partial charge in [0.1, 0.15) is 5.82 Å². The number of hydrogen-bond donors (Lipinski definition) is 2. The lowest BCUT2D eigenvalue weighted by Crippen LogP contribution is -2.32. The number of carboxylic acids is 1. The second-order valence-corrected chi connectivity index (χ2v) is 5.61. The summed E-state index contributed by atoms with van der Waals surface area (Å²) in [6.07, 6.45) is 3.91. The van der Waals surface area contributed by atoms with Crippen LogP contribution < -0.4 is 5.32 Å². The molecule has 0 radical (unpaired) electrons. The van der Waals surface area contributed by atoms with Gasteiger partial charge in [0.05, 0.1) is 11.9 Å². The molecule has 2 rings (SSSR count). The second kappa shape index (κ2) is 6.17. The fourth-order valence-electron chi connectivity index (χ4n) is 2.43. The van der Waals surface area contributed by atoms with Crippen molar-refractivity contribution in [3.05, 3.63) is 17.7 Å². The van der Waals surface area contributed by atoms with Gasteiger partial charge in [-0.1, -0.05) is 13.8 Å². The number of anilines is 1. The maximum atomic E-state index is 11.3. The molecule has 1 saturated heterocycles. The smallest absolute Gasteiger partial charge is 0.356 e. The normalized spacial score (nSPS) is 19.5. The number of hydrogen-bond acceptors (Lipinski definition) is 5. The molecule has 2 heterocycles. The van der Waals surface area contributed by atoms with Crippen molar-refractivity contribution in [2.24, 2.45) is 0 Å². The maximum absolute atomic E-state index is 11.3. The molecule has 2 N–H and O–H groups in total. The van der Waals surface area contributed by atoms with E-state index in [0.29, 0.717) is 17.6 Å². The van der Waals surface area contributed by atoms with E-state index in [2.05, 4.69) is 27.2 Å². The Bertz CT molecular complexity index is 490. The predicted molar refractivity (Wildman–Crippen MR) is 77.2 cm³/mol. The van der Waals surface area contributed by atoms with Gasteiger partial charge >= 0.3 is 5.97 Å². The molecule has 6 heteroatoms. The topological polar surface area (TPSA) is 78.4 Å². The van der Waals surface area contributed by atoms with Gasteiger partial charge in [-0.05, 0) is 26.4 Å². The Labute approximate surface area is 119 Å². The first-order chi connectivity index (χ1) is 9.49. The van der Waals surface area contributed by atoms with Crippen molar-refractivity contribution in [1.29, 1.82) is 0 Å². The molecule has 0 saturated carbocycles. The van der Waals surface area contributed by atoms with Crippen molar-refractivity contribution < 1.29 is 9.90 Å². The average Bonchev–Trinajstić information content (AvgIpc) is 2.81. The summed E-state index contributed by atoms with van der Waals surface area (Å²) in [5.74, 6) is -0.342. The van der Waals surface area contributed by atoms with Crippen LogP contribution in [0.15, 0.2) is 6.20 Å². The van der Waals surface area contributed by atoms with E-state index in [1.165, 1.54) is 6.42 Å².